The van der Waals surface area contributed by atoms with Gasteiger partial charge in [0.25, 0.3) is 5.91 Å². The summed E-state index contributed by atoms with van der Waals surface area (Å²) in [6.07, 6.45) is 2.90. The predicted octanol–water partition coefficient (Wildman–Crippen LogP) is 3.14. The Morgan fingerprint density at radius 2 is 1.82 bits per heavy atom. The highest BCUT2D eigenvalue weighted by Crippen LogP contribution is 2.40. The number of rotatable bonds is 3. The lowest BCUT2D eigenvalue weighted by Crippen LogP contribution is -2.37. The lowest BCUT2D eigenvalue weighted by atomic mass is 9.87. The minimum atomic E-state index is -0.992. The number of fused-ring (bicyclic) bond motifs is 2. The molecule has 1 aliphatic heterocycles. The van der Waals surface area contributed by atoms with Crippen molar-refractivity contribution in [2.75, 3.05) is 25.3 Å². The number of aliphatic hydroxyl groups is 1. The van der Waals surface area contributed by atoms with E-state index in [0.717, 1.165) is 0 Å². The number of aromatic hydroxyl groups is 2. The summed E-state index contributed by atoms with van der Waals surface area (Å²) in [7, 11) is 2.93. The number of carbonyl (C=O) groups is 2. The standard InChI is InChI=1S/C28H41N3O8/c1-14-10-18-23(29)20(32)13-19(25(18)34)31-27(35)15(2)8-7-9-21(37-5)26(39-28(30)36)17(4)12-16(3)24(33)22(11-14)38-6/h7-9,12-14,16,21-22,24,26,32-34H,10-11,29H2,1-6H3,(H2,30,36)(H,31,35). The SMILES string of the molecule is COC1C=CC=C(C)C(=O)Nc2cc(O)c(N)c(c2O)CC(C)CC(OC)C(O)C(C)C=C(C)C1OC(N)=O. The van der Waals surface area contributed by atoms with Crippen molar-refractivity contribution < 1.29 is 39.1 Å². The van der Waals surface area contributed by atoms with Crippen molar-refractivity contribution in [2.45, 2.75) is 65.0 Å². The summed E-state index contributed by atoms with van der Waals surface area (Å²) in [6.45, 7) is 7.01. The van der Waals surface area contributed by atoms with Crippen LogP contribution in [-0.2, 0) is 25.4 Å². The van der Waals surface area contributed by atoms with Crippen LogP contribution in [0.4, 0.5) is 16.2 Å². The van der Waals surface area contributed by atoms with Crippen LogP contribution >= 0.6 is 0 Å². The highest BCUT2D eigenvalue weighted by Gasteiger charge is 2.30. The summed E-state index contributed by atoms with van der Waals surface area (Å²) in [4.78, 5) is 24.5. The van der Waals surface area contributed by atoms with Crippen molar-refractivity contribution in [1.29, 1.82) is 0 Å². The van der Waals surface area contributed by atoms with Crippen LogP contribution in [0.5, 0.6) is 11.5 Å². The number of allylic oxidation sites excluding steroid dienone is 2. The summed E-state index contributed by atoms with van der Waals surface area (Å²) in [5.74, 6) is -1.63. The predicted molar refractivity (Wildman–Crippen MR) is 148 cm³/mol. The Bertz CT molecular complexity index is 1130. The van der Waals surface area contributed by atoms with Crippen LogP contribution in [0.3, 0.4) is 0 Å². The number of nitrogens with one attached hydrogen (secondary N) is 1. The van der Waals surface area contributed by atoms with E-state index in [9.17, 15) is 24.9 Å². The molecule has 0 spiro atoms. The number of nitrogen functional groups attached to an aromatic ring is 1. The molecule has 0 fully saturated rings. The maximum Gasteiger partial charge on any atom is 0.405 e. The molecule has 11 nitrogen and oxygen atoms in total. The van der Waals surface area contributed by atoms with Gasteiger partial charge in [0.2, 0.25) is 0 Å². The van der Waals surface area contributed by atoms with Crippen molar-refractivity contribution >= 4 is 23.4 Å². The van der Waals surface area contributed by atoms with Crippen LogP contribution in [0, 0.1) is 11.8 Å². The van der Waals surface area contributed by atoms with Gasteiger partial charge < -0.3 is 46.3 Å². The lowest BCUT2D eigenvalue weighted by Gasteiger charge is -2.29. The van der Waals surface area contributed by atoms with Gasteiger partial charge in [-0.05, 0) is 38.2 Å². The Balaban J connectivity index is 2.62. The number of anilines is 2. The topological polar surface area (TPSA) is 187 Å². The number of hydrogen-bond donors (Lipinski definition) is 6. The smallest absolute Gasteiger partial charge is 0.405 e. The Morgan fingerprint density at radius 1 is 1.15 bits per heavy atom. The molecule has 2 amide bonds. The number of carbonyl (C=O) groups excluding carboxylic acids is 2. The molecule has 6 atom stereocenters. The monoisotopic (exact) mass is 547 g/mol. The van der Waals surface area contributed by atoms with Crippen LogP contribution in [0.2, 0.25) is 0 Å². The number of hydrogen-bond acceptors (Lipinski definition) is 9. The van der Waals surface area contributed by atoms with E-state index in [1.165, 1.54) is 26.4 Å². The number of aliphatic hydroxyl groups excluding tert-OH is 1. The molecule has 2 rings (SSSR count). The van der Waals surface area contributed by atoms with Gasteiger partial charge in [0.1, 0.15) is 17.6 Å². The minimum absolute atomic E-state index is 0.00464. The normalized spacial score (nSPS) is 27.3. The second-order valence-corrected chi connectivity index (χ2v) is 10.0. The van der Waals surface area contributed by atoms with E-state index in [-0.39, 0.29) is 46.3 Å². The Kier molecular flexibility index (Phi) is 11.4. The third-order valence-electron chi connectivity index (χ3n) is 6.87. The summed E-state index contributed by atoms with van der Waals surface area (Å²) in [5.41, 5.74) is 12.6. The molecule has 39 heavy (non-hydrogen) atoms. The molecular weight excluding hydrogens is 506 g/mol. The van der Waals surface area contributed by atoms with E-state index >= 15 is 0 Å². The van der Waals surface area contributed by atoms with Gasteiger partial charge in [-0.1, -0.05) is 38.2 Å². The van der Waals surface area contributed by atoms with Gasteiger partial charge in [-0.15, -0.1) is 0 Å². The number of phenolic OH excluding ortho intramolecular Hbond substituents is 2. The number of nitrogens with two attached hydrogens (primary N) is 2. The summed E-state index contributed by atoms with van der Waals surface area (Å²) in [6, 6.07) is 1.19. The molecular formula is C28H41N3O8. The Hall–Kier alpha value is -3.54. The van der Waals surface area contributed by atoms with Gasteiger partial charge in [-0.3, -0.25) is 4.79 Å². The maximum absolute atomic E-state index is 12.8. The van der Waals surface area contributed by atoms with E-state index in [2.05, 4.69) is 5.32 Å². The van der Waals surface area contributed by atoms with Gasteiger partial charge in [0, 0.05) is 37.3 Å². The van der Waals surface area contributed by atoms with Crippen LogP contribution in [0.1, 0.15) is 39.7 Å². The molecule has 0 aromatic heterocycles. The second kappa shape index (κ2) is 14.0. The zero-order valence-corrected chi connectivity index (χ0v) is 23.3. The zero-order valence-electron chi connectivity index (χ0n) is 23.3. The molecule has 1 aliphatic rings. The number of ether oxygens (including phenoxy) is 3. The Labute approximate surface area is 229 Å². The average Bonchev–Trinajstić information content (AvgIpc) is 2.88. The van der Waals surface area contributed by atoms with Crippen LogP contribution in [0.25, 0.3) is 0 Å². The second-order valence-electron chi connectivity index (χ2n) is 10.0. The van der Waals surface area contributed by atoms with Crippen molar-refractivity contribution in [1.82, 2.24) is 0 Å². The fourth-order valence-electron chi connectivity index (χ4n) is 4.63. The van der Waals surface area contributed by atoms with Gasteiger partial charge in [-0.25, -0.2) is 4.79 Å². The largest absolute Gasteiger partial charge is 0.506 e. The van der Waals surface area contributed by atoms with E-state index < -0.39 is 42.3 Å². The first kappa shape index (κ1) is 31.7. The average molecular weight is 548 g/mol. The minimum Gasteiger partial charge on any atom is -0.506 e. The number of primary amides is 1. The summed E-state index contributed by atoms with van der Waals surface area (Å²) in [5, 5.41) is 35.0. The number of amides is 2. The quantitative estimate of drug-likeness (QED) is 0.143. The molecule has 6 unspecified atom stereocenters. The highest BCUT2D eigenvalue weighted by atomic mass is 16.6. The van der Waals surface area contributed by atoms with Crippen LogP contribution in [-0.4, -0.2) is 66.0 Å². The molecule has 216 valence electrons. The third-order valence-corrected chi connectivity index (χ3v) is 6.87. The molecule has 0 radical (unpaired) electrons. The van der Waals surface area contributed by atoms with E-state index in [4.69, 9.17) is 25.7 Å². The van der Waals surface area contributed by atoms with E-state index in [0.29, 0.717) is 12.0 Å². The van der Waals surface area contributed by atoms with Gasteiger partial charge in [0.05, 0.1) is 23.6 Å². The molecule has 1 heterocycles. The number of methoxy groups -OCH3 is 2. The molecule has 11 heteroatoms. The molecule has 8 N–H and O–H groups in total. The third kappa shape index (κ3) is 8.22. The lowest BCUT2D eigenvalue weighted by molar-refractivity contribution is -0.112. The first-order valence-corrected chi connectivity index (χ1v) is 12.7. The first-order valence-electron chi connectivity index (χ1n) is 12.7. The first-order chi connectivity index (χ1) is 18.3. The van der Waals surface area contributed by atoms with Gasteiger partial charge >= 0.3 is 6.09 Å². The van der Waals surface area contributed by atoms with Crippen molar-refractivity contribution in [3.63, 3.8) is 0 Å². The Morgan fingerprint density at radius 3 is 2.41 bits per heavy atom. The number of benzene rings is 1. The zero-order chi connectivity index (χ0) is 29.4. The fourth-order valence-corrected chi connectivity index (χ4v) is 4.63. The summed E-state index contributed by atoms with van der Waals surface area (Å²) >= 11 is 0. The molecule has 0 saturated heterocycles. The molecule has 2 bridgehead atoms. The number of phenols is 2. The highest BCUT2D eigenvalue weighted by molar-refractivity contribution is 6.04. The van der Waals surface area contributed by atoms with Gasteiger partial charge in [0.15, 0.2) is 6.10 Å². The molecule has 1 aromatic carbocycles. The molecule has 0 aliphatic carbocycles. The van der Waals surface area contributed by atoms with E-state index in [1.54, 1.807) is 39.0 Å². The van der Waals surface area contributed by atoms with Crippen LogP contribution in [0.15, 0.2) is 41.5 Å². The van der Waals surface area contributed by atoms with E-state index in [1.807, 2.05) is 6.92 Å². The van der Waals surface area contributed by atoms with Gasteiger partial charge in [-0.2, -0.15) is 0 Å². The molecule has 1 aromatic rings. The maximum atomic E-state index is 12.8. The van der Waals surface area contributed by atoms with Crippen molar-refractivity contribution in [2.24, 2.45) is 17.6 Å². The van der Waals surface area contributed by atoms with Crippen molar-refractivity contribution in [3.05, 3.63) is 47.1 Å². The molecule has 0 saturated carbocycles. The summed E-state index contributed by atoms with van der Waals surface area (Å²) < 4.78 is 16.5. The van der Waals surface area contributed by atoms with Crippen LogP contribution < -0.4 is 16.8 Å². The van der Waals surface area contributed by atoms with Crippen molar-refractivity contribution in [3.8, 4) is 11.5 Å². The fraction of sp³-hybridized carbons (Fsp3) is 0.500.